The van der Waals surface area contributed by atoms with Gasteiger partial charge >= 0.3 is 18.5 Å². The minimum Gasteiger partial charge on any atom is -0.444 e. The number of rotatable bonds is 6. The average Bonchev–Trinajstić information content (AvgIpc) is 3.52. The van der Waals surface area contributed by atoms with Gasteiger partial charge in [-0.1, -0.05) is 5.16 Å². The Kier molecular flexibility index (Phi) is 7.73. The third-order valence-corrected chi connectivity index (χ3v) is 6.31. The third-order valence-electron chi connectivity index (χ3n) is 6.31. The fourth-order valence-corrected chi connectivity index (χ4v) is 4.39. The molecule has 4 rings (SSSR count). The molecule has 0 aliphatic carbocycles. The molecule has 0 spiro atoms. The van der Waals surface area contributed by atoms with Crippen LogP contribution < -0.4 is 15.1 Å². The number of hydrogen-bond acceptors (Lipinski definition) is 10. The third kappa shape index (κ3) is 6.60. The summed E-state index contributed by atoms with van der Waals surface area (Å²) in [5.74, 6) is -0.339. The number of carbonyl (C=O) groups is 2. The van der Waals surface area contributed by atoms with Gasteiger partial charge in [-0.05, 0) is 40.0 Å². The van der Waals surface area contributed by atoms with E-state index < -0.39 is 23.9 Å². The van der Waals surface area contributed by atoms with Gasteiger partial charge in [-0.25, -0.2) is 23.5 Å². The Morgan fingerprint density at radius 1 is 1.14 bits per heavy atom. The molecule has 0 bridgehead atoms. The van der Waals surface area contributed by atoms with Crippen LogP contribution in [0.5, 0.6) is 0 Å². The Labute approximate surface area is 213 Å². The van der Waals surface area contributed by atoms with Crippen LogP contribution in [0, 0.1) is 0 Å². The molecule has 0 aromatic carbocycles. The second-order valence-corrected chi connectivity index (χ2v) is 10.2. The molecule has 2 amide bonds. The van der Waals surface area contributed by atoms with Crippen LogP contribution in [0.2, 0.25) is 0 Å². The van der Waals surface area contributed by atoms with E-state index in [2.05, 4.69) is 25.4 Å². The second-order valence-electron chi connectivity index (χ2n) is 10.2. The summed E-state index contributed by atoms with van der Waals surface area (Å²) >= 11 is 0. The van der Waals surface area contributed by atoms with Crippen molar-refractivity contribution in [3.8, 4) is 0 Å². The van der Waals surface area contributed by atoms with Gasteiger partial charge in [0.1, 0.15) is 5.60 Å². The monoisotopic (exact) mass is 522 g/mol. The lowest BCUT2D eigenvalue weighted by molar-refractivity contribution is 0.0508. The number of alkyl carbamates (subject to hydrolysis) is 1. The fraction of sp³-hybridized carbons (Fsp3) is 0.652. The lowest BCUT2D eigenvalue weighted by Crippen LogP contribution is -2.45. The first-order chi connectivity index (χ1) is 17.5. The van der Waals surface area contributed by atoms with Gasteiger partial charge in [0, 0.05) is 51.7 Å². The van der Waals surface area contributed by atoms with Crippen LogP contribution >= 0.6 is 0 Å². The smallest absolute Gasteiger partial charge is 0.407 e. The van der Waals surface area contributed by atoms with Crippen LogP contribution in [0.3, 0.4) is 0 Å². The fourth-order valence-electron chi connectivity index (χ4n) is 4.39. The number of piperidine rings is 1. The zero-order chi connectivity index (χ0) is 26.7. The SMILES string of the molecule is CN(C(=O)c1cnc(N2CC[C@@H](NC(=O)OC(C)(C)C)C2)nc1)C1CCN(c2nc(C(F)F)no2)CC1. The normalized spacial score (nSPS) is 18.8. The first-order valence-electron chi connectivity index (χ1n) is 12.2. The first-order valence-corrected chi connectivity index (χ1v) is 12.2. The number of ether oxygens (including phenoxy) is 1. The molecule has 2 fully saturated rings. The van der Waals surface area contributed by atoms with Gasteiger partial charge in [0.05, 0.1) is 11.6 Å². The van der Waals surface area contributed by atoms with E-state index in [1.54, 1.807) is 16.8 Å². The van der Waals surface area contributed by atoms with Gasteiger partial charge in [0.15, 0.2) is 0 Å². The number of carbonyl (C=O) groups excluding carboxylic acids is 2. The molecule has 0 saturated carbocycles. The molecular formula is C23H32F2N8O4. The summed E-state index contributed by atoms with van der Waals surface area (Å²) < 4.78 is 35.7. The maximum absolute atomic E-state index is 13.0. The highest BCUT2D eigenvalue weighted by molar-refractivity contribution is 5.93. The van der Waals surface area contributed by atoms with E-state index >= 15 is 0 Å². The van der Waals surface area contributed by atoms with Crippen LogP contribution in [0.25, 0.3) is 0 Å². The zero-order valence-corrected chi connectivity index (χ0v) is 21.4. The van der Waals surface area contributed by atoms with Crippen molar-refractivity contribution < 1.29 is 27.6 Å². The van der Waals surface area contributed by atoms with E-state index in [0.717, 1.165) is 6.42 Å². The Morgan fingerprint density at radius 2 is 1.78 bits per heavy atom. The lowest BCUT2D eigenvalue weighted by Gasteiger charge is -2.35. The van der Waals surface area contributed by atoms with Crippen molar-refractivity contribution in [1.29, 1.82) is 0 Å². The van der Waals surface area contributed by atoms with Gasteiger partial charge < -0.3 is 29.3 Å². The highest BCUT2D eigenvalue weighted by Gasteiger charge is 2.30. The minimum absolute atomic E-state index is 0.0424. The first kappa shape index (κ1) is 26.5. The summed E-state index contributed by atoms with van der Waals surface area (Å²) in [5, 5.41) is 6.16. The Hall–Kier alpha value is -3.58. The molecular weight excluding hydrogens is 490 g/mol. The van der Waals surface area contributed by atoms with E-state index in [1.807, 2.05) is 25.7 Å². The largest absolute Gasteiger partial charge is 0.444 e. The van der Waals surface area contributed by atoms with Crippen molar-refractivity contribution in [3.05, 3.63) is 23.8 Å². The molecule has 1 atom stereocenters. The molecule has 202 valence electrons. The maximum atomic E-state index is 13.0. The summed E-state index contributed by atoms with van der Waals surface area (Å²) in [6.07, 6.45) is 1.75. The standard InChI is InChI=1S/C23H32F2N8O4/c1-23(2,3)36-22(35)28-15-5-8-33(13-15)20-26-11-14(12-27-20)19(34)31(4)16-6-9-32(10-7-16)21-29-18(17(24)25)30-37-21/h11-12,15-17H,5-10,13H2,1-4H3,(H,28,35)/t15-/m1/s1. The van der Waals surface area contributed by atoms with Crippen LogP contribution in [-0.2, 0) is 4.74 Å². The van der Waals surface area contributed by atoms with E-state index in [-0.39, 0.29) is 24.0 Å². The Balaban J connectivity index is 1.27. The Bertz CT molecular complexity index is 1080. The van der Waals surface area contributed by atoms with E-state index in [1.165, 1.54) is 12.4 Å². The number of aromatic nitrogens is 4. The van der Waals surface area contributed by atoms with Crippen LogP contribution in [0.4, 0.5) is 25.5 Å². The number of amides is 2. The average molecular weight is 523 g/mol. The summed E-state index contributed by atoms with van der Waals surface area (Å²) in [5.41, 5.74) is -0.193. The summed E-state index contributed by atoms with van der Waals surface area (Å²) in [4.78, 5) is 42.9. The van der Waals surface area contributed by atoms with E-state index in [9.17, 15) is 18.4 Å². The van der Waals surface area contributed by atoms with Crippen molar-refractivity contribution >= 4 is 24.0 Å². The molecule has 0 radical (unpaired) electrons. The van der Waals surface area contributed by atoms with Gasteiger partial charge in [0.25, 0.3) is 5.91 Å². The summed E-state index contributed by atoms with van der Waals surface area (Å²) in [6.45, 7) is 7.65. The molecule has 2 aliphatic heterocycles. The molecule has 14 heteroatoms. The van der Waals surface area contributed by atoms with E-state index in [0.29, 0.717) is 50.5 Å². The van der Waals surface area contributed by atoms with Crippen LogP contribution in [-0.4, -0.2) is 87.9 Å². The Morgan fingerprint density at radius 3 is 2.38 bits per heavy atom. The van der Waals surface area contributed by atoms with Crippen molar-refractivity contribution in [3.63, 3.8) is 0 Å². The van der Waals surface area contributed by atoms with Crippen LogP contribution in [0.1, 0.15) is 62.6 Å². The molecule has 12 nitrogen and oxygen atoms in total. The van der Waals surface area contributed by atoms with Crippen molar-refractivity contribution in [1.82, 2.24) is 30.3 Å². The van der Waals surface area contributed by atoms with Crippen LogP contribution in [0.15, 0.2) is 16.9 Å². The highest BCUT2D eigenvalue weighted by Crippen LogP contribution is 2.24. The number of hydrogen-bond donors (Lipinski definition) is 1. The highest BCUT2D eigenvalue weighted by atomic mass is 19.3. The van der Waals surface area contributed by atoms with Gasteiger partial charge in [0.2, 0.25) is 11.8 Å². The molecule has 2 aromatic rings. The number of nitrogens with zero attached hydrogens (tertiary/aromatic N) is 7. The molecule has 2 aliphatic rings. The van der Waals surface area contributed by atoms with Gasteiger partial charge in [-0.3, -0.25) is 4.79 Å². The summed E-state index contributed by atoms with van der Waals surface area (Å²) in [7, 11) is 1.73. The van der Waals surface area contributed by atoms with Crippen molar-refractivity contribution in [2.45, 2.75) is 64.1 Å². The predicted molar refractivity (Wildman–Crippen MR) is 129 cm³/mol. The molecule has 37 heavy (non-hydrogen) atoms. The van der Waals surface area contributed by atoms with Gasteiger partial charge in [-0.15, -0.1) is 0 Å². The predicted octanol–water partition coefficient (Wildman–Crippen LogP) is 2.64. The number of anilines is 2. The molecule has 0 unspecified atom stereocenters. The molecule has 2 saturated heterocycles. The quantitative estimate of drug-likeness (QED) is 0.604. The maximum Gasteiger partial charge on any atom is 0.407 e. The number of halogens is 2. The second kappa shape index (κ2) is 10.8. The minimum atomic E-state index is -2.78. The topological polar surface area (TPSA) is 130 Å². The van der Waals surface area contributed by atoms with E-state index in [4.69, 9.17) is 9.26 Å². The lowest BCUT2D eigenvalue weighted by atomic mass is 10.0. The number of nitrogens with one attached hydrogen (secondary N) is 1. The van der Waals surface area contributed by atoms with Crippen molar-refractivity contribution in [2.24, 2.45) is 0 Å². The summed E-state index contributed by atoms with van der Waals surface area (Å²) in [6, 6.07) is -0.0535. The van der Waals surface area contributed by atoms with Gasteiger partial charge in [-0.2, -0.15) is 4.98 Å². The van der Waals surface area contributed by atoms with Crippen molar-refractivity contribution in [2.75, 3.05) is 43.0 Å². The zero-order valence-electron chi connectivity index (χ0n) is 21.4. The molecule has 2 aromatic heterocycles. The molecule has 4 heterocycles. The number of alkyl halides is 2. The molecule has 1 N–H and O–H groups in total.